The van der Waals surface area contributed by atoms with Crippen molar-refractivity contribution in [1.82, 2.24) is 0 Å². The SMILES string of the molecule is FC(CCCCCCCCC(F)(F)F)C(F)(F)[n+]1ccccc1. The average molecular weight is 342 g/mol. The molecule has 0 aliphatic rings. The van der Waals surface area contributed by atoms with E-state index in [4.69, 9.17) is 0 Å². The van der Waals surface area contributed by atoms with Crippen molar-refractivity contribution >= 4 is 0 Å². The van der Waals surface area contributed by atoms with E-state index in [9.17, 15) is 26.3 Å². The van der Waals surface area contributed by atoms with Crippen molar-refractivity contribution in [3.63, 3.8) is 0 Å². The van der Waals surface area contributed by atoms with Crippen LogP contribution in [0.2, 0.25) is 0 Å². The molecule has 1 atom stereocenters. The summed E-state index contributed by atoms with van der Waals surface area (Å²) in [4.78, 5) is 0. The van der Waals surface area contributed by atoms with Gasteiger partial charge in [0.25, 0.3) is 0 Å². The lowest BCUT2D eigenvalue weighted by Crippen LogP contribution is -2.55. The second-order valence-corrected chi connectivity index (χ2v) is 5.61. The highest BCUT2D eigenvalue weighted by Gasteiger charge is 2.49. The Kier molecular flexibility index (Phi) is 7.85. The minimum Gasteiger partial charge on any atom is -0.233 e. The van der Waals surface area contributed by atoms with Gasteiger partial charge in [-0.3, -0.25) is 0 Å². The highest BCUT2D eigenvalue weighted by atomic mass is 19.4. The van der Waals surface area contributed by atoms with Gasteiger partial charge in [-0.15, -0.1) is 13.3 Å². The van der Waals surface area contributed by atoms with E-state index in [1.807, 2.05) is 0 Å². The van der Waals surface area contributed by atoms with E-state index in [1.165, 1.54) is 12.1 Å². The van der Waals surface area contributed by atoms with E-state index in [-0.39, 0.29) is 12.8 Å². The van der Waals surface area contributed by atoms with Gasteiger partial charge in [-0.2, -0.15) is 13.2 Å². The lowest BCUT2D eigenvalue weighted by molar-refractivity contribution is -0.830. The van der Waals surface area contributed by atoms with Crippen LogP contribution in [0.25, 0.3) is 0 Å². The summed E-state index contributed by atoms with van der Waals surface area (Å²) in [6.07, 6.45) is -2.61. The van der Waals surface area contributed by atoms with E-state index >= 15 is 0 Å². The van der Waals surface area contributed by atoms with Crippen molar-refractivity contribution in [3.05, 3.63) is 30.6 Å². The number of pyridine rings is 1. The molecule has 1 heterocycles. The average Bonchev–Trinajstić information content (AvgIpc) is 2.49. The van der Waals surface area contributed by atoms with Gasteiger partial charge in [0.05, 0.1) is 0 Å². The van der Waals surface area contributed by atoms with Crippen LogP contribution in [-0.2, 0) is 6.05 Å². The molecule has 1 aromatic rings. The number of nitrogens with zero attached hydrogens (tertiary/aromatic N) is 1. The van der Waals surface area contributed by atoms with Crippen LogP contribution >= 0.6 is 0 Å². The van der Waals surface area contributed by atoms with Gasteiger partial charge < -0.3 is 0 Å². The molecule has 0 N–H and O–H groups in total. The maximum absolute atomic E-state index is 13.8. The van der Waals surface area contributed by atoms with Crippen LogP contribution in [-0.4, -0.2) is 12.3 Å². The van der Waals surface area contributed by atoms with Crippen molar-refractivity contribution in [2.45, 2.75) is 69.8 Å². The molecular weight excluding hydrogens is 320 g/mol. The third-order valence-electron chi connectivity index (χ3n) is 3.60. The summed E-state index contributed by atoms with van der Waals surface area (Å²) >= 11 is 0. The first-order chi connectivity index (χ1) is 10.7. The van der Waals surface area contributed by atoms with E-state index in [0.29, 0.717) is 36.7 Å². The Bertz CT molecular complexity index is 432. The first-order valence-corrected chi connectivity index (χ1v) is 7.79. The van der Waals surface area contributed by atoms with Crippen molar-refractivity contribution < 1.29 is 30.9 Å². The molecule has 1 nitrogen and oxygen atoms in total. The molecule has 0 aliphatic heterocycles. The highest BCUT2D eigenvalue weighted by Crippen LogP contribution is 2.26. The molecule has 0 spiro atoms. The lowest BCUT2D eigenvalue weighted by atomic mass is 10.1. The van der Waals surface area contributed by atoms with Crippen molar-refractivity contribution in [3.8, 4) is 0 Å². The second kappa shape index (κ2) is 9.13. The van der Waals surface area contributed by atoms with Crippen LogP contribution in [0.1, 0.15) is 51.4 Å². The summed E-state index contributed by atoms with van der Waals surface area (Å²) in [5.41, 5.74) is 0. The molecule has 1 unspecified atom stereocenters. The summed E-state index contributed by atoms with van der Waals surface area (Å²) in [6, 6.07) is 0.787. The molecule has 23 heavy (non-hydrogen) atoms. The number of alkyl halides is 6. The zero-order valence-corrected chi connectivity index (χ0v) is 12.8. The number of hydrogen-bond acceptors (Lipinski definition) is 0. The number of hydrogen-bond donors (Lipinski definition) is 0. The number of rotatable bonds is 10. The normalized spacial score (nSPS) is 14.0. The third kappa shape index (κ3) is 7.70. The number of halogens is 6. The van der Waals surface area contributed by atoms with Crippen LogP contribution in [0.15, 0.2) is 30.6 Å². The van der Waals surface area contributed by atoms with Crippen LogP contribution in [0.3, 0.4) is 0 Å². The Morgan fingerprint density at radius 1 is 0.739 bits per heavy atom. The predicted molar refractivity (Wildman–Crippen MR) is 74.7 cm³/mol. The van der Waals surface area contributed by atoms with Gasteiger partial charge in [0.1, 0.15) is 0 Å². The Morgan fingerprint density at radius 2 is 1.26 bits per heavy atom. The fourth-order valence-electron chi connectivity index (χ4n) is 2.29. The molecule has 7 heteroatoms. The van der Waals surface area contributed by atoms with Crippen LogP contribution in [0.5, 0.6) is 0 Å². The molecule has 1 rings (SSSR count). The van der Waals surface area contributed by atoms with Gasteiger partial charge in [0, 0.05) is 18.6 Å². The molecule has 0 aliphatic carbocycles. The Morgan fingerprint density at radius 3 is 1.83 bits per heavy atom. The van der Waals surface area contributed by atoms with Crippen molar-refractivity contribution in [1.29, 1.82) is 0 Å². The fourth-order valence-corrected chi connectivity index (χ4v) is 2.29. The van der Waals surface area contributed by atoms with Gasteiger partial charge in [-0.25, -0.2) is 4.39 Å². The standard InChI is InChI=1S/C16H22F6N/c17-14(16(21,22)23-12-8-5-9-13-23)10-6-3-1-2-4-7-11-15(18,19)20/h5,8-9,12-14H,1-4,6-7,10-11H2/q+1. The van der Waals surface area contributed by atoms with E-state index < -0.39 is 24.8 Å². The van der Waals surface area contributed by atoms with Gasteiger partial charge in [0.15, 0.2) is 12.4 Å². The topological polar surface area (TPSA) is 3.88 Å². The van der Waals surface area contributed by atoms with Gasteiger partial charge >= 0.3 is 12.2 Å². The molecule has 0 bridgehead atoms. The Labute approximate surface area is 132 Å². The molecule has 0 aromatic carbocycles. The summed E-state index contributed by atoms with van der Waals surface area (Å²) in [5.74, 6) is 0. The van der Waals surface area contributed by atoms with Crippen LogP contribution in [0, 0.1) is 0 Å². The van der Waals surface area contributed by atoms with Gasteiger partial charge in [0.2, 0.25) is 6.17 Å². The minimum absolute atomic E-state index is 0.0813. The maximum Gasteiger partial charge on any atom is 0.493 e. The largest absolute Gasteiger partial charge is 0.493 e. The Hall–Kier alpha value is -1.27. The first kappa shape index (κ1) is 19.8. The summed E-state index contributed by atoms with van der Waals surface area (Å²) in [5, 5.41) is 0. The first-order valence-electron chi connectivity index (χ1n) is 7.79. The monoisotopic (exact) mass is 342 g/mol. The zero-order chi connectivity index (χ0) is 17.3. The van der Waals surface area contributed by atoms with E-state index in [0.717, 1.165) is 12.4 Å². The van der Waals surface area contributed by atoms with Gasteiger partial charge in [-0.1, -0.05) is 38.2 Å². The molecular formula is C16H22F6N+. The smallest absolute Gasteiger partial charge is 0.233 e. The summed E-state index contributed by atoms with van der Waals surface area (Å²) < 4.78 is 77.7. The zero-order valence-electron chi connectivity index (χ0n) is 12.8. The highest BCUT2D eigenvalue weighted by molar-refractivity contribution is 4.84. The second-order valence-electron chi connectivity index (χ2n) is 5.61. The molecule has 0 saturated carbocycles. The summed E-state index contributed by atoms with van der Waals surface area (Å²) in [7, 11) is 0. The molecule has 0 saturated heterocycles. The maximum atomic E-state index is 13.8. The Balaban J connectivity index is 2.16. The van der Waals surface area contributed by atoms with E-state index in [2.05, 4.69) is 0 Å². The summed E-state index contributed by atoms with van der Waals surface area (Å²) in [6.45, 7) is 0. The quantitative estimate of drug-likeness (QED) is 0.298. The third-order valence-corrected chi connectivity index (χ3v) is 3.60. The molecule has 0 radical (unpaired) electrons. The minimum atomic E-state index is -4.12. The lowest BCUT2D eigenvalue weighted by Gasteiger charge is -2.15. The number of aromatic nitrogens is 1. The molecule has 0 fully saturated rings. The predicted octanol–water partition coefficient (Wildman–Crippen LogP) is 5.54. The van der Waals surface area contributed by atoms with Gasteiger partial charge in [-0.05, 0) is 12.8 Å². The van der Waals surface area contributed by atoms with Crippen molar-refractivity contribution in [2.75, 3.05) is 0 Å². The molecule has 0 amide bonds. The molecule has 1 aromatic heterocycles. The van der Waals surface area contributed by atoms with Crippen LogP contribution < -0.4 is 4.57 Å². The van der Waals surface area contributed by atoms with Crippen LogP contribution in [0.4, 0.5) is 26.3 Å². The molecule has 132 valence electrons. The number of unbranched alkanes of at least 4 members (excludes halogenated alkanes) is 5. The van der Waals surface area contributed by atoms with E-state index in [1.54, 1.807) is 6.07 Å². The fraction of sp³-hybridized carbons (Fsp3) is 0.688. The van der Waals surface area contributed by atoms with Crippen molar-refractivity contribution in [2.24, 2.45) is 0 Å².